The van der Waals surface area contributed by atoms with Crippen molar-refractivity contribution in [3.8, 4) is 5.75 Å². The van der Waals surface area contributed by atoms with Crippen molar-refractivity contribution in [2.45, 2.75) is 13.5 Å². The van der Waals surface area contributed by atoms with Crippen molar-refractivity contribution in [3.63, 3.8) is 0 Å². The van der Waals surface area contributed by atoms with E-state index in [9.17, 15) is 14.4 Å². The number of rotatable bonds is 6. The first kappa shape index (κ1) is 19.4. The van der Waals surface area contributed by atoms with Gasteiger partial charge in [-0.25, -0.2) is 0 Å². The minimum atomic E-state index is -0.501. The monoisotopic (exact) mass is 396 g/mol. The quantitative estimate of drug-likeness (QED) is 0.615. The topological polar surface area (TPSA) is 88.3 Å². The van der Waals surface area contributed by atoms with Crippen LogP contribution in [0.3, 0.4) is 0 Å². The summed E-state index contributed by atoms with van der Waals surface area (Å²) in [6, 6.07) is 14.8. The van der Waals surface area contributed by atoms with Crippen molar-refractivity contribution in [2.24, 2.45) is 0 Å². The fourth-order valence-electron chi connectivity index (χ4n) is 2.50. The van der Waals surface area contributed by atoms with Gasteiger partial charge in [0, 0.05) is 28.5 Å². The lowest BCUT2D eigenvalue weighted by Gasteiger charge is -2.08. The van der Waals surface area contributed by atoms with Crippen LogP contribution in [0.5, 0.6) is 5.75 Å². The molecule has 0 aliphatic rings. The van der Waals surface area contributed by atoms with Gasteiger partial charge in [0.25, 0.3) is 5.91 Å². The molecule has 2 N–H and O–H groups in total. The summed E-state index contributed by atoms with van der Waals surface area (Å²) in [5.74, 6) is -0.514. The summed E-state index contributed by atoms with van der Waals surface area (Å²) in [5, 5.41) is 3.23. The van der Waals surface area contributed by atoms with Crippen LogP contribution in [-0.4, -0.2) is 16.7 Å². The number of pyridine rings is 1. The maximum atomic E-state index is 12.4. The third-order valence-electron chi connectivity index (χ3n) is 3.93. The number of H-pyrrole nitrogens is 1. The molecule has 0 aliphatic carbocycles. The van der Waals surface area contributed by atoms with Crippen LogP contribution in [0.1, 0.15) is 33.3 Å². The van der Waals surface area contributed by atoms with Crippen LogP contribution < -0.4 is 15.5 Å². The highest BCUT2D eigenvalue weighted by Crippen LogP contribution is 2.14. The van der Waals surface area contributed by atoms with Gasteiger partial charge in [0.05, 0.1) is 0 Å². The van der Waals surface area contributed by atoms with Crippen LogP contribution >= 0.6 is 11.6 Å². The summed E-state index contributed by atoms with van der Waals surface area (Å²) in [5.41, 5.74) is 1.41. The Bertz CT molecular complexity index is 1090. The first-order valence-corrected chi connectivity index (χ1v) is 8.82. The Balaban J connectivity index is 1.69. The molecule has 7 heteroatoms. The molecule has 0 saturated carbocycles. The highest BCUT2D eigenvalue weighted by Gasteiger charge is 2.11. The van der Waals surface area contributed by atoms with Gasteiger partial charge in [-0.3, -0.25) is 14.4 Å². The van der Waals surface area contributed by atoms with Gasteiger partial charge in [-0.05, 0) is 36.8 Å². The lowest BCUT2D eigenvalue weighted by Crippen LogP contribution is -2.18. The smallest absolute Gasteiger partial charge is 0.272 e. The van der Waals surface area contributed by atoms with Crippen LogP contribution in [0.2, 0.25) is 5.02 Å². The summed E-state index contributed by atoms with van der Waals surface area (Å²) in [4.78, 5) is 38.8. The summed E-state index contributed by atoms with van der Waals surface area (Å²) in [6.45, 7) is 1.62. The highest BCUT2D eigenvalue weighted by molar-refractivity contribution is 6.30. The lowest BCUT2D eigenvalue weighted by molar-refractivity contribution is 0.100. The Morgan fingerprint density at radius 1 is 1.11 bits per heavy atom. The molecular formula is C21H17ClN2O4. The van der Waals surface area contributed by atoms with Crippen molar-refractivity contribution in [3.05, 3.63) is 92.9 Å². The Morgan fingerprint density at radius 2 is 1.89 bits per heavy atom. The van der Waals surface area contributed by atoms with Gasteiger partial charge in [-0.1, -0.05) is 35.9 Å². The Labute approximate surface area is 166 Å². The number of amides is 1. The van der Waals surface area contributed by atoms with Crippen LogP contribution in [-0.2, 0) is 6.61 Å². The van der Waals surface area contributed by atoms with Crippen LogP contribution in [0.4, 0.5) is 5.69 Å². The number of Topliss-reactive ketones (excluding diaryl/α,β-unsaturated/α-hetero) is 1. The van der Waals surface area contributed by atoms with Crippen molar-refractivity contribution in [2.75, 3.05) is 5.32 Å². The number of ether oxygens (including phenoxy) is 1. The molecule has 28 heavy (non-hydrogen) atoms. The molecule has 0 saturated heterocycles. The number of anilines is 1. The fraction of sp³-hybridized carbons (Fsp3) is 0.0952. The van der Waals surface area contributed by atoms with E-state index in [2.05, 4.69) is 10.3 Å². The number of carbonyl (C=O) groups is 2. The molecule has 1 aromatic heterocycles. The molecule has 1 amide bonds. The van der Waals surface area contributed by atoms with E-state index in [4.69, 9.17) is 16.3 Å². The maximum Gasteiger partial charge on any atom is 0.272 e. The average Bonchev–Trinajstić information content (AvgIpc) is 2.67. The molecule has 0 spiro atoms. The second-order valence-electron chi connectivity index (χ2n) is 6.08. The molecule has 0 unspecified atom stereocenters. The summed E-state index contributed by atoms with van der Waals surface area (Å²) < 4.78 is 5.50. The van der Waals surface area contributed by atoms with Gasteiger partial charge in [0.2, 0.25) is 5.43 Å². The minimum absolute atomic E-state index is 0.0772. The van der Waals surface area contributed by atoms with E-state index in [-0.39, 0.29) is 23.8 Å². The van der Waals surface area contributed by atoms with E-state index in [1.54, 1.807) is 42.5 Å². The maximum absolute atomic E-state index is 12.4. The molecule has 0 radical (unpaired) electrons. The second kappa shape index (κ2) is 8.54. The van der Waals surface area contributed by atoms with Crippen molar-refractivity contribution >= 4 is 29.0 Å². The summed E-state index contributed by atoms with van der Waals surface area (Å²) >= 11 is 5.92. The van der Waals surface area contributed by atoms with Crippen molar-refractivity contribution in [1.29, 1.82) is 0 Å². The largest absolute Gasteiger partial charge is 0.483 e. The summed E-state index contributed by atoms with van der Waals surface area (Å²) in [7, 11) is 0. The van der Waals surface area contributed by atoms with E-state index in [1.807, 2.05) is 6.07 Å². The van der Waals surface area contributed by atoms with Crippen LogP contribution in [0, 0.1) is 0 Å². The number of benzene rings is 2. The lowest BCUT2D eigenvalue weighted by atomic mass is 10.1. The number of hydrogen-bond acceptors (Lipinski definition) is 4. The zero-order valence-electron chi connectivity index (χ0n) is 15.0. The average molecular weight is 397 g/mol. The molecule has 142 valence electrons. The Kier molecular flexibility index (Phi) is 5.91. The molecule has 1 heterocycles. The molecule has 0 atom stereocenters. The number of halogens is 1. The van der Waals surface area contributed by atoms with Gasteiger partial charge in [0.15, 0.2) is 11.5 Å². The van der Waals surface area contributed by atoms with Gasteiger partial charge in [-0.15, -0.1) is 0 Å². The van der Waals surface area contributed by atoms with Gasteiger partial charge < -0.3 is 15.0 Å². The number of aromatic nitrogens is 1. The summed E-state index contributed by atoms with van der Waals surface area (Å²) in [6.07, 6.45) is 1.34. The number of carbonyl (C=O) groups excluding carboxylic acids is 2. The molecule has 3 aromatic rings. The van der Waals surface area contributed by atoms with Gasteiger partial charge >= 0.3 is 0 Å². The number of aromatic amines is 1. The molecule has 0 bridgehead atoms. The third-order valence-corrected chi connectivity index (χ3v) is 4.17. The predicted molar refractivity (Wildman–Crippen MR) is 107 cm³/mol. The SMILES string of the molecule is CC(=O)c1cccc(NC(=O)c2cc(=O)c(OCc3cccc(Cl)c3)c[nH]2)c1. The predicted octanol–water partition coefficient (Wildman–Crippen LogP) is 4.06. The zero-order chi connectivity index (χ0) is 20.1. The van der Waals surface area contributed by atoms with Crippen LogP contribution in [0.15, 0.2) is 65.6 Å². The van der Waals surface area contributed by atoms with Crippen molar-refractivity contribution < 1.29 is 14.3 Å². The van der Waals surface area contributed by atoms with Gasteiger partial charge in [-0.2, -0.15) is 0 Å². The number of nitrogens with one attached hydrogen (secondary N) is 2. The van der Waals surface area contributed by atoms with Crippen LogP contribution in [0.25, 0.3) is 0 Å². The molecule has 2 aromatic carbocycles. The second-order valence-corrected chi connectivity index (χ2v) is 6.52. The normalized spacial score (nSPS) is 10.4. The molecule has 0 fully saturated rings. The highest BCUT2D eigenvalue weighted by atomic mass is 35.5. The molecule has 6 nitrogen and oxygen atoms in total. The third kappa shape index (κ3) is 4.86. The number of hydrogen-bond donors (Lipinski definition) is 2. The van der Waals surface area contributed by atoms with E-state index < -0.39 is 11.3 Å². The van der Waals surface area contributed by atoms with E-state index >= 15 is 0 Å². The first-order valence-electron chi connectivity index (χ1n) is 8.45. The molecular weight excluding hydrogens is 380 g/mol. The van der Waals surface area contributed by atoms with E-state index in [0.717, 1.165) is 11.6 Å². The van der Waals surface area contributed by atoms with Crippen molar-refractivity contribution in [1.82, 2.24) is 4.98 Å². The van der Waals surface area contributed by atoms with E-state index in [0.29, 0.717) is 16.3 Å². The Morgan fingerprint density at radius 3 is 2.61 bits per heavy atom. The number of ketones is 1. The zero-order valence-corrected chi connectivity index (χ0v) is 15.7. The molecule has 0 aliphatic heterocycles. The minimum Gasteiger partial charge on any atom is -0.483 e. The van der Waals surface area contributed by atoms with Gasteiger partial charge in [0.1, 0.15) is 12.3 Å². The first-order chi connectivity index (χ1) is 13.4. The molecule has 3 rings (SSSR count). The Hall–Kier alpha value is -3.38. The fourth-order valence-corrected chi connectivity index (χ4v) is 2.72. The standard InChI is InChI=1S/C21H17ClN2O4/c1-13(25)15-5-3-7-17(9-15)24-21(27)18-10-19(26)20(11-23-18)28-12-14-4-2-6-16(22)8-14/h2-11H,12H2,1H3,(H,23,26)(H,24,27). The van der Waals surface area contributed by atoms with E-state index in [1.165, 1.54) is 13.1 Å².